The molecule has 0 saturated carbocycles. The maximum atomic E-state index is 6.69. The molecule has 0 N–H and O–H groups in total. The molecule has 132 valence electrons. The molecule has 0 radical (unpaired) electrons. The van der Waals surface area contributed by atoms with E-state index in [1.165, 1.54) is 0 Å². The molecule has 2 aromatic heterocycles. The number of hydrogen-bond donors (Lipinski definition) is 0. The van der Waals surface area contributed by atoms with Gasteiger partial charge in [-0.1, -0.05) is 36.4 Å². The zero-order chi connectivity index (χ0) is 18.0. The summed E-state index contributed by atoms with van der Waals surface area (Å²) in [6.07, 6.45) is 8.47. The molecule has 2 aromatic carbocycles. The predicted octanol–water partition coefficient (Wildman–Crippen LogP) is 5.23. The summed E-state index contributed by atoms with van der Waals surface area (Å²) in [4.78, 5) is 8.93. The van der Waals surface area contributed by atoms with E-state index < -0.39 is 0 Å². The van der Waals surface area contributed by atoms with E-state index in [1.54, 1.807) is 6.20 Å². The van der Waals surface area contributed by atoms with E-state index in [-0.39, 0.29) is 21.1 Å². The van der Waals surface area contributed by atoms with Crippen molar-refractivity contribution in [3.05, 3.63) is 115 Å². The maximum Gasteiger partial charge on any atom is 2.00 e. The Hall–Kier alpha value is -3.01. The van der Waals surface area contributed by atoms with Crippen LogP contribution >= 0.6 is 0 Å². The summed E-state index contributed by atoms with van der Waals surface area (Å²) in [7, 11) is 0. The smallest absolute Gasteiger partial charge is 0.366 e. The number of nitrogens with zero attached hydrogens (tertiary/aromatic N) is 2. The molecule has 0 aliphatic rings. The first-order chi connectivity index (χ1) is 12.9. The van der Waals surface area contributed by atoms with Crippen molar-refractivity contribution in [3.63, 3.8) is 0 Å². The summed E-state index contributed by atoms with van der Waals surface area (Å²) in [5.74, 6) is 2.28. The van der Waals surface area contributed by atoms with Crippen LogP contribution < -0.4 is 0 Å². The molecule has 0 aliphatic heterocycles. The van der Waals surface area contributed by atoms with Crippen molar-refractivity contribution in [2.24, 2.45) is 0 Å². The summed E-state index contributed by atoms with van der Waals surface area (Å²) in [5, 5.41) is 0. The number of rotatable bonds is 2. The number of hydrogen-bond acceptors (Lipinski definition) is 2. The molecular weight excluding hydrogens is 511 g/mol. The average Bonchev–Trinajstić information content (AvgIpc) is 2.76. The Balaban J connectivity index is 0.000000247. The third kappa shape index (κ3) is 6.03. The predicted molar refractivity (Wildman–Crippen MR) is 104 cm³/mol. The Labute approximate surface area is 174 Å². The van der Waals surface area contributed by atoms with E-state index in [0.717, 1.165) is 28.2 Å². The minimum absolute atomic E-state index is 0. The molecule has 2 heterocycles. The van der Waals surface area contributed by atoms with Gasteiger partial charge in [0, 0.05) is 6.20 Å². The van der Waals surface area contributed by atoms with Crippen LogP contribution in [0, 0.1) is 18.4 Å². The second-order valence-electron chi connectivity index (χ2n) is 5.39. The van der Waals surface area contributed by atoms with Crippen LogP contribution in [0.25, 0.3) is 22.6 Å². The summed E-state index contributed by atoms with van der Waals surface area (Å²) in [6.45, 7) is 0. The molecule has 27 heavy (non-hydrogen) atoms. The molecule has 0 fully saturated rings. The van der Waals surface area contributed by atoms with Crippen molar-refractivity contribution >= 4 is 0 Å². The van der Waals surface area contributed by atoms with E-state index in [4.69, 9.17) is 6.42 Å². The minimum atomic E-state index is 0. The van der Waals surface area contributed by atoms with Crippen molar-refractivity contribution in [1.82, 2.24) is 9.97 Å². The number of benzene rings is 2. The van der Waals surface area contributed by atoms with Gasteiger partial charge in [0.1, 0.15) is 0 Å². The molecule has 0 saturated heterocycles. The minimum Gasteiger partial charge on any atom is -0.366 e. The number of pyridine rings is 2. The Bertz CT molecular complexity index is 924. The first-order valence-electron chi connectivity index (χ1n) is 8.20. The van der Waals surface area contributed by atoms with Gasteiger partial charge in [-0.25, -0.2) is 0 Å². The summed E-state index contributed by atoms with van der Waals surface area (Å²) < 4.78 is 0. The van der Waals surface area contributed by atoms with E-state index in [0.29, 0.717) is 0 Å². The van der Waals surface area contributed by atoms with E-state index in [2.05, 4.69) is 22.0 Å². The van der Waals surface area contributed by atoms with Crippen LogP contribution in [0.3, 0.4) is 0 Å². The van der Waals surface area contributed by atoms with Crippen LogP contribution in [0.5, 0.6) is 0 Å². The van der Waals surface area contributed by atoms with Gasteiger partial charge in [-0.2, -0.15) is 0 Å². The fourth-order valence-corrected chi connectivity index (χ4v) is 2.32. The molecule has 4 aromatic rings. The molecule has 0 bridgehead atoms. The van der Waals surface area contributed by atoms with Gasteiger partial charge in [-0.3, -0.25) is 15.9 Å². The van der Waals surface area contributed by atoms with Gasteiger partial charge in [-0.05, 0) is 23.9 Å². The van der Waals surface area contributed by atoms with Gasteiger partial charge >= 0.3 is 21.1 Å². The molecule has 0 aliphatic carbocycles. The van der Waals surface area contributed by atoms with Gasteiger partial charge in [0.15, 0.2) is 0 Å². The molecule has 0 spiro atoms. The van der Waals surface area contributed by atoms with Gasteiger partial charge in [-0.15, -0.1) is 53.6 Å². The third-order valence-corrected chi connectivity index (χ3v) is 3.58. The zero-order valence-electron chi connectivity index (χ0n) is 14.4. The first-order valence-corrected chi connectivity index (χ1v) is 8.20. The standard InChI is InChI=1S/C16H11N2.C8H5.Pt/c1-2-7-13(8-3-1)14-10-6-11-16(18-14)15-9-4-5-12-17-15;1-2-8-6-4-3-5-7-8;/h1-7,9-12H;3-7H;/q2*-1;+2. The average molecular weight is 527 g/mol. The van der Waals surface area contributed by atoms with Crippen LogP contribution in [-0.4, -0.2) is 9.97 Å². The number of aromatic nitrogens is 2. The monoisotopic (exact) mass is 527 g/mol. The summed E-state index contributed by atoms with van der Waals surface area (Å²) in [6, 6.07) is 32.2. The molecule has 3 heteroatoms. The van der Waals surface area contributed by atoms with E-state index >= 15 is 0 Å². The first kappa shape index (κ1) is 20.3. The molecule has 4 rings (SSSR count). The van der Waals surface area contributed by atoms with Crippen molar-refractivity contribution in [2.75, 3.05) is 0 Å². The third-order valence-electron chi connectivity index (χ3n) is 3.58. The van der Waals surface area contributed by atoms with Crippen molar-refractivity contribution in [2.45, 2.75) is 0 Å². The van der Waals surface area contributed by atoms with Crippen LogP contribution in [0.1, 0.15) is 5.56 Å². The Morgan fingerprint density at radius 1 is 0.704 bits per heavy atom. The molecule has 0 atom stereocenters. The SMILES string of the molecule is [C-]#Cc1ccccc1.[Pt+2].[c-]1ccccc1-c1cccc(-c2ccccn2)n1. The van der Waals surface area contributed by atoms with E-state index in [9.17, 15) is 0 Å². The Morgan fingerprint density at radius 3 is 2.04 bits per heavy atom. The summed E-state index contributed by atoms with van der Waals surface area (Å²) in [5.41, 5.74) is 4.50. The normalized spacial score (nSPS) is 9.15. The summed E-state index contributed by atoms with van der Waals surface area (Å²) >= 11 is 0. The zero-order valence-corrected chi connectivity index (χ0v) is 16.7. The Morgan fingerprint density at radius 2 is 1.41 bits per heavy atom. The van der Waals surface area contributed by atoms with Crippen molar-refractivity contribution in [1.29, 1.82) is 0 Å². The van der Waals surface area contributed by atoms with Crippen LogP contribution in [-0.2, 0) is 21.1 Å². The van der Waals surface area contributed by atoms with Crippen molar-refractivity contribution < 1.29 is 21.1 Å². The topological polar surface area (TPSA) is 25.8 Å². The van der Waals surface area contributed by atoms with Gasteiger partial charge in [0.25, 0.3) is 0 Å². The van der Waals surface area contributed by atoms with Crippen LogP contribution in [0.2, 0.25) is 0 Å². The van der Waals surface area contributed by atoms with Crippen LogP contribution in [0.4, 0.5) is 0 Å². The van der Waals surface area contributed by atoms with Crippen LogP contribution in [0.15, 0.2) is 97.2 Å². The maximum absolute atomic E-state index is 6.69. The fraction of sp³-hybridized carbons (Fsp3) is 0. The fourth-order valence-electron chi connectivity index (χ4n) is 2.32. The molecular formula is C24H16N2Pt. The molecule has 2 nitrogen and oxygen atoms in total. The second kappa shape index (κ2) is 10.9. The quantitative estimate of drug-likeness (QED) is 0.264. The van der Waals surface area contributed by atoms with Crippen molar-refractivity contribution in [3.8, 4) is 28.6 Å². The second-order valence-corrected chi connectivity index (χ2v) is 5.39. The molecule has 0 amide bonds. The Kier molecular flexibility index (Phi) is 8.17. The van der Waals surface area contributed by atoms with Gasteiger partial charge in [0.2, 0.25) is 0 Å². The molecule has 0 unspecified atom stereocenters. The van der Waals surface area contributed by atoms with E-state index in [1.807, 2.05) is 91.0 Å². The largest absolute Gasteiger partial charge is 2.00 e. The van der Waals surface area contributed by atoms with Gasteiger partial charge in [0.05, 0.1) is 11.4 Å². The van der Waals surface area contributed by atoms with Gasteiger partial charge < -0.3 is 6.42 Å².